The molecular formula is C22H26N4O3S. The van der Waals surface area contributed by atoms with E-state index >= 15 is 0 Å². The lowest BCUT2D eigenvalue weighted by molar-refractivity contribution is -0.137. The number of nitrogens with zero attached hydrogens (tertiary/aromatic N) is 3. The molecule has 2 aromatic heterocycles. The van der Waals surface area contributed by atoms with Gasteiger partial charge in [0.25, 0.3) is 11.5 Å². The second-order valence-corrected chi connectivity index (χ2v) is 9.64. The number of aromatic amines is 1. The van der Waals surface area contributed by atoms with Gasteiger partial charge in [0.2, 0.25) is 5.91 Å². The van der Waals surface area contributed by atoms with Gasteiger partial charge < -0.3 is 14.8 Å². The summed E-state index contributed by atoms with van der Waals surface area (Å²) in [5.41, 5.74) is 1.21. The maximum atomic E-state index is 13.0. The second-order valence-electron chi connectivity index (χ2n) is 8.69. The van der Waals surface area contributed by atoms with Crippen LogP contribution in [0.25, 0.3) is 0 Å². The quantitative estimate of drug-likeness (QED) is 0.818. The largest absolute Gasteiger partial charge is 0.332 e. The first-order valence-electron chi connectivity index (χ1n) is 10.8. The number of amides is 2. The summed E-state index contributed by atoms with van der Waals surface area (Å²) >= 11 is 1.42. The zero-order valence-corrected chi connectivity index (χ0v) is 17.9. The van der Waals surface area contributed by atoms with Gasteiger partial charge in [-0.2, -0.15) is 0 Å². The number of hydrogen-bond acceptors (Lipinski definition) is 5. The molecule has 1 aliphatic carbocycles. The molecule has 3 atom stereocenters. The van der Waals surface area contributed by atoms with Crippen LogP contribution in [-0.4, -0.2) is 44.7 Å². The standard InChI is InChI=1S/C22H26N4O3S/c1-13-11-15(13)21(28)26-8-3-2-5-17(26)19-23-16-12-25(9-7-14(16)20(27)24-19)22(29)18-6-4-10-30-18/h4,6,10,13,15,17H,2-3,5,7-9,11-12H2,1H3,(H,23,24,27)/t13-,15-,17+/m1/s1. The molecule has 3 aliphatic rings. The van der Waals surface area contributed by atoms with Crippen molar-refractivity contribution in [1.29, 1.82) is 0 Å². The molecule has 30 heavy (non-hydrogen) atoms. The average Bonchev–Trinajstić information content (AvgIpc) is 3.25. The Labute approximate surface area is 179 Å². The molecular weight excluding hydrogens is 400 g/mol. The van der Waals surface area contributed by atoms with Crippen LogP contribution in [0.5, 0.6) is 0 Å². The number of thiophene rings is 1. The number of carbonyl (C=O) groups is 2. The molecule has 1 N–H and O–H groups in total. The third kappa shape index (κ3) is 3.47. The van der Waals surface area contributed by atoms with Crippen molar-refractivity contribution in [3.05, 3.63) is 49.8 Å². The summed E-state index contributed by atoms with van der Waals surface area (Å²) in [5, 5.41) is 1.89. The Morgan fingerprint density at radius 1 is 1.27 bits per heavy atom. The average molecular weight is 427 g/mol. The highest BCUT2D eigenvalue weighted by atomic mass is 32.1. The molecule has 0 bridgehead atoms. The van der Waals surface area contributed by atoms with Gasteiger partial charge in [-0.1, -0.05) is 13.0 Å². The van der Waals surface area contributed by atoms with Gasteiger partial charge in [-0.25, -0.2) is 4.98 Å². The van der Waals surface area contributed by atoms with E-state index in [9.17, 15) is 14.4 Å². The number of nitrogens with one attached hydrogen (secondary N) is 1. The SMILES string of the molecule is C[C@@H]1C[C@H]1C(=O)N1CCCC[C@H]1c1nc2c(c(=O)[nH]1)CCN(C(=O)c1cccs1)C2. The Bertz CT molecular complexity index is 1030. The van der Waals surface area contributed by atoms with Crippen LogP contribution in [-0.2, 0) is 17.8 Å². The highest BCUT2D eigenvalue weighted by molar-refractivity contribution is 7.12. The Morgan fingerprint density at radius 3 is 2.83 bits per heavy atom. The molecule has 7 nitrogen and oxygen atoms in total. The summed E-state index contributed by atoms with van der Waals surface area (Å²) in [5.74, 6) is 1.32. The lowest BCUT2D eigenvalue weighted by Gasteiger charge is -2.36. The summed E-state index contributed by atoms with van der Waals surface area (Å²) in [6, 6.07) is 3.51. The molecule has 0 spiro atoms. The molecule has 1 saturated heterocycles. The van der Waals surface area contributed by atoms with E-state index in [4.69, 9.17) is 4.98 Å². The maximum Gasteiger partial charge on any atom is 0.264 e. The molecule has 4 heterocycles. The van der Waals surface area contributed by atoms with Crippen LogP contribution in [0.15, 0.2) is 22.3 Å². The third-order valence-corrected chi connectivity index (χ3v) is 7.50. The highest BCUT2D eigenvalue weighted by Crippen LogP contribution is 2.42. The van der Waals surface area contributed by atoms with Crippen molar-refractivity contribution in [2.45, 2.75) is 51.6 Å². The van der Waals surface area contributed by atoms with Gasteiger partial charge in [-0.05, 0) is 49.5 Å². The van der Waals surface area contributed by atoms with Crippen LogP contribution >= 0.6 is 11.3 Å². The van der Waals surface area contributed by atoms with E-state index < -0.39 is 0 Å². The van der Waals surface area contributed by atoms with Gasteiger partial charge in [0.05, 0.1) is 23.2 Å². The Hall–Kier alpha value is -2.48. The first-order valence-corrected chi connectivity index (χ1v) is 11.7. The maximum absolute atomic E-state index is 13.0. The minimum atomic E-state index is -0.180. The van der Waals surface area contributed by atoms with Crippen molar-refractivity contribution in [2.75, 3.05) is 13.1 Å². The van der Waals surface area contributed by atoms with Crippen LogP contribution in [0.1, 0.15) is 65.4 Å². The zero-order valence-electron chi connectivity index (χ0n) is 17.1. The van der Waals surface area contributed by atoms with Gasteiger partial charge >= 0.3 is 0 Å². The van der Waals surface area contributed by atoms with Crippen LogP contribution in [0.4, 0.5) is 0 Å². The van der Waals surface area contributed by atoms with Gasteiger partial charge in [0.15, 0.2) is 0 Å². The summed E-state index contributed by atoms with van der Waals surface area (Å²) < 4.78 is 0. The number of carbonyl (C=O) groups excluding carboxylic acids is 2. The molecule has 158 valence electrons. The van der Waals surface area contributed by atoms with Crippen molar-refractivity contribution in [3.8, 4) is 0 Å². The minimum absolute atomic E-state index is 0.0172. The van der Waals surface area contributed by atoms with Crippen LogP contribution in [0.3, 0.4) is 0 Å². The minimum Gasteiger partial charge on any atom is -0.332 e. The molecule has 2 aromatic rings. The molecule has 8 heteroatoms. The van der Waals surface area contributed by atoms with Crippen LogP contribution in [0.2, 0.25) is 0 Å². The summed E-state index contributed by atoms with van der Waals surface area (Å²) in [7, 11) is 0. The summed E-state index contributed by atoms with van der Waals surface area (Å²) in [6.07, 6.45) is 4.27. The predicted octanol–water partition coefficient (Wildman–Crippen LogP) is 2.74. The number of rotatable bonds is 3. The van der Waals surface area contributed by atoms with E-state index in [1.165, 1.54) is 11.3 Å². The van der Waals surface area contributed by atoms with E-state index in [0.29, 0.717) is 47.4 Å². The molecule has 2 amide bonds. The molecule has 0 aromatic carbocycles. The number of fused-ring (bicyclic) bond motifs is 1. The van der Waals surface area contributed by atoms with Crippen molar-refractivity contribution in [3.63, 3.8) is 0 Å². The zero-order chi connectivity index (χ0) is 20.8. The number of piperidine rings is 1. The number of aromatic nitrogens is 2. The Kier molecular flexibility index (Phi) is 4.97. The van der Waals surface area contributed by atoms with E-state index in [1.807, 2.05) is 22.4 Å². The number of likely N-dealkylation sites (tertiary alicyclic amines) is 1. The molecule has 0 radical (unpaired) electrons. The van der Waals surface area contributed by atoms with E-state index in [-0.39, 0.29) is 29.3 Å². The van der Waals surface area contributed by atoms with Gasteiger partial charge in [0, 0.05) is 24.6 Å². The monoisotopic (exact) mass is 426 g/mol. The van der Waals surface area contributed by atoms with Gasteiger partial charge in [0.1, 0.15) is 5.82 Å². The van der Waals surface area contributed by atoms with E-state index in [1.54, 1.807) is 4.90 Å². The molecule has 0 unspecified atom stereocenters. The fourth-order valence-corrected chi connectivity index (χ4v) is 5.40. The fourth-order valence-electron chi connectivity index (χ4n) is 4.70. The van der Waals surface area contributed by atoms with E-state index in [2.05, 4.69) is 11.9 Å². The van der Waals surface area contributed by atoms with Gasteiger partial charge in [-0.3, -0.25) is 14.4 Å². The van der Waals surface area contributed by atoms with Crippen molar-refractivity contribution < 1.29 is 9.59 Å². The summed E-state index contributed by atoms with van der Waals surface area (Å²) in [4.78, 5) is 50.7. The molecule has 2 aliphatic heterocycles. The fraction of sp³-hybridized carbons (Fsp3) is 0.545. The normalized spacial score (nSPS) is 25.7. The van der Waals surface area contributed by atoms with Gasteiger partial charge in [-0.15, -0.1) is 11.3 Å². The lowest BCUT2D eigenvalue weighted by atomic mass is 9.99. The Balaban J connectivity index is 1.42. The highest BCUT2D eigenvalue weighted by Gasteiger charge is 2.44. The first-order chi connectivity index (χ1) is 14.5. The smallest absolute Gasteiger partial charge is 0.264 e. The van der Waals surface area contributed by atoms with Crippen LogP contribution in [0, 0.1) is 11.8 Å². The molecule has 1 saturated carbocycles. The van der Waals surface area contributed by atoms with Crippen LogP contribution < -0.4 is 5.56 Å². The number of H-pyrrole nitrogens is 1. The topological polar surface area (TPSA) is 86.4 Å². The predicted molar refractivity (Wildman–Crippen MR) is 113 cm³/mol. The third-order valence-electron chi connectivity index (χ3n) is 6.64. The van der Waals surface area contributed by atoms with Crippen molar-refractivity contribution in [1.82, 2.24) is 19.8 Å². The number of hydrogen-bond donors (Lipinski definition) is 1. The van der Waals surface area contributed by atoms with E-state index in [0.717, 1.165) is 32.2 Å². The lowest BCUT2D eigenvalue weighted by Crippen LogP contribution is -2.43. The first kappa shape index (κ1) is 19.5. The second kappa shape index (κ2) is 7.65. The summed E-state index contributed by atoms with van der Waals surface area (Å²) in [6.45, 7) is 3.68. The molecule has 5 rings (SSSR count). The van der Waals surface area contributed by atoms with Crippen molar-refractivity contribution in [2.24, 2.45) is 11.8 Å². The van der Waals surface area contributed by atoms with Crippen molar-refractivity contribution >= 4 is 23.2 Å². The Morgan fingerprint density at radius 2 is 2.10 bits per heavy atom. The molecule has 2 fully saturated rings.